The fourth-order valence-corrected chi connectivity index (χ4v) is 4.62. The first-order valence-corrected chi connectivity index (χ1v) is 11.5. The summed E-state index contributed by atoms with van der Waals surface area (Å²) in [6.45, 7) is 1.06. The van der Waals surface area contributed by atoms with Gasteiger partial charge in [-0.3, -0.25) is 9.52 Å². The second kappa shape index (κ2) is 10.1. The molecular formula is C21H22N2O4S2. The number of hydrogen-bond donors (Lipinski definition) is 2. The summed E-state index contributed by atoms with van der Waals surface area (Å²) < 4.78 is 32.8. The van der Waals surface area contributed by atoms with Crippen molar-refractivity contribution in [2.45, 2.75) is 17.1 Å². The minimum Gasteiger partial charge on any atom is -0.494 e. The van der Waals surface area contributed by atoms with Crippen molar-refractivity contribution < 1.29 is 17.9 Å². The highest BCUT2D eigenvalue weighted by molar-refractivity contribution is 7.94. The molecule has 0 aliphatic carbocycles. The Bertz CT molecular complexity index is 1000. The Hall–Kier alpha value is -2.84. The molecule has 0 aliphatic rings. The number of amides is 1. The molecule has 0 fully saturated rings. The molecule has 1 aromatic heterocycles. The Kier molecular flexibility index (Phi) is 7.26. The van der Waals surface area contributed by atoms with Crippen LogP contribution in [0, 0.1) is 0 Å². The number of thiophene rings is 1. The van der Waals surface area contributed by atoms with Crippen LogP contribution in [0.4, 0.5) is 5.69 Å². The largest absolute Gasteiger partial charge is 0.494 e. The molecule has 2 aromatic carbocycles. The molecule has 0 saturated carbocycles. The summed E-state index contributed by atoms with van der Waals surface area (Å²) in [4.78, 5) is 12.1. The van der Waals surface area contributed by atoms with Gasteiger partial charge in [0, 0.05) is 12.2 Å². The Balaban J connectivity index is 1.39. The van der Waals surface area contributed by atoms with Crippen molar-refractivity contribution in [3.8, 4) is 5.75 Å². The van der Waals surface area contributed by atoms with Crippen molar-refractivity contribution in [1.29, 1.82) is 0 Å². The van der Waals surface area contributed by atoms with Crippen LogP contribution < -0.4 is 14.8 Å². The Morgan fingerprint density at radius 3 is 2.41 bits per heavy atom. The van der Waals surface area contributed by atoms with Crippen molar-refractivity contribution in [2.24, 2.45) is 0 Å². The summed E-state index contributed by atoms with van der Waals surface area (Å²) >= 11 is 1.16. The molecule has 1 amide bonds. The number of benzene rings is 2. The van der Waals surface area contributed by atoms with Crippen LogP contribution in [-0.4, -0.2) is 27.5 Å². The fourth-order valence-electron chi connectivity index (χ4n) is 2.57. The first kappa shape index (κ1) is 20.9. The quantitative estimate of drug-likeness (QED) is 0.481. The zero-order valence-corrected chi connectivity index (χ0v) is 17.3. The number of hydrogen-bond acceptors (Lipinski definition) is 5. The van der Waals surface area contributed by atoms with Crippen LogP contribution in [0.3, 0.4) is 0 Å². The zero-order chi connectivity index (χ0) is 20.5. The van der Waals surface area contributed by atoms with Crippen LogP contribution in [-0.2, 0) is 21.2 Å². The van der Waals surface area contributed by atoms with E-state index in [1.165, 1.54) is 0 Å². The normalized spacial score (nSPS) is 11.0. The van der Waals surface area contributed by atoms with Crippen LogP contribution >= 0.6 is 11.3 Å². The Labute approximate surface area is 174 Å². The molecule has 3 rings (SSSR count). The van der Waals surface area contributed by atoms with Gasteiger partial charge in [0.25, 0.3) is 10.0 Å². The molecular weight excluding hydrogens is 408 g/mol. The number of para-hydroxylation sites is 1. The third-order valence-corrected chi connectivity index (χ3v) is 6.76. The molecule has 2 N–H and O–H groups in total. The Morgan fingerprint density at radius 2 is 1.72 bits per heavy atom. The van der Waals surface area contributed by atoms with Crippen LogP contribution in [0.2, 0.25) is 0 Å². The monoisotopic (exact) mass is 430 g/mol. The molecule has 0 unspecified atom stereocenters. The van der Waals surface area contributed by atoms with Gasteiger partial charge in [0.05, 0.1) is 13.0 Å². The van der Waals surface area contributed by atoms with Crippen LogP contribution in [0.1, 0.15) is 12.0 Å². The van der Waals surface area contributed by atoms with E-state index in [4.69, 9.17) is 4.74 Å². The molecule has 29 heavy (non-hydrogen) atoms. The highest BCUT2D eigenvalue weighted by Gasteiger charge is 2.15. The van der Waals surface area contributed by atoms with Crippen LogP contribution in [0.25, 0.3) is 0 Å². The molecule has 0 spiro atoms. The SMILES string of the molecule is O=C(Cc1ccc(NS(=O)(=O)c2cccs2)cc1)NCCCOc1ccccc1. The fraction of sp³-hybridized carbons (Fsp3) is 0.190. The van der Waals surface area contributed by atoms with Crippen LogP contribution in [0.5, 0.6) is 5.75 Å². The minimum absolute atomic E-state index is 0.0865. The second-order valence-corrected chi connectivity index (χ2v) is 9.13. The van der Waals surface area contributed by atoms with E-state index in [-0.39, 0.29) is 16.5 Å². The van der Waals surface area contributed by atoms with Crippen LogP contribution in [0.15, 0.2) is 76.3 Å². The predicted octanol–water partition coefficient (Wildman–Crippen LogP) is 3.68. The lowest BCUT2D eigenvalue weighted by Gasteiger charge is -2.09. The molecule has 0 saturated heterocycles. The van der Waals surface area contributed by atoms with Gasteiger partial charge in [-0.15, -0.1) is 11.3 Å². The third kappa shape index (κ3) is 6.62. The number of anilines is 1. The minimum atomic E-state index is -3.57. The standard InChI is InChI=1S/C21H22N2O4S2/c24-20(22-13-5-14-27-19-6-2-1-3-7-19)16-17-9-11-18(12-10-17)23-29(25,26)21-8-4-15-28-21/h1-4,6-12,15,23H,5,13-14,16H2,(H,22,24). The lowest BCUT2D eigenvalue weighted by Crippen LogP contribution is -2.27. The van der Waals surface area contributed by atoms with E-state index in [0.29, 0.717) is 25.3 Å². The summed E-state index contributed by atoms with van der Waals surface area (Å²) in [6, 6.07) is 19.6. The van der Waals surface area contributed by atoms with Crippen molar-refractivity contribution >= 4 is 33.0 Å². The Morgan fingerprint density at radius 1 is 0.966 bits per heavy atom. The van der Waals surface area contributed by atoms with Gasteiger partial charge < -0.3 is 10.1 Å². The maximum Gasteiger partial charge on any atom is 0.271 e. The predicted molar refractivity (Wildman–Crippen MR) is 115 cm³/mol. The number of nitrogens with one attached hydrogen (secondary N) is 2. The summed E-state index contributed by atoms with van der Waals surface area (Å²) in [7, 11) is -3.57. The van der Waals surface area contributed by atoms with Crippen molar-refractivity contribution in [3.63, 3.8) is 0 Å². The highest BCUT2D eigenvalue weighted by Crippen LogP contribution is 2.20. The third-order valence-electron chi connectivity index (χ3n) is 3.99. The van der Waals surface area contributed by atoms with E-state index in [1.54, 1.807) is 41.8 Å². The van der Waals surface area contributed by atoms with Crippen molar-refractivity contribution in [1.82, 2.24) is 5.32 Å². The summed E-state index contributed by atoms with van der Waals surface area (Å²) in [6.07, 6.45) is 0.946. The highest BCUT2D eigenvalue weighted by atomic mass is 32.2. The molecule has 0 bridgehead atoms. The molecule has 152 valence electrons. The molecule has 6 nitrogen and oxygen atoms in total. The van der Waals surface area contributed by atoms with Gasteiger partial charge in [-0.25, -0.2) is 8.42 Å². The molecule has 1 heterocycles. The van der Waals surface area contributed by atoms with Crippen molar-refractivity contribution in [3.05, 3.63) is 77.7 Å². The molecule has 0 aliphatic heterocycles. The van der Waals surface area contributed by atoms with E-state index in [1.807, 2.05) is 30.3 Å². The number of ether oxygens (including phenoxy) is 1. The van der Waals surface area contributed by atoms with Gasteiger partial charge in [-0.2, -0.15) is 0 Å². The molecule has 0 radical (unpaired) electrons. The van der Waals surface area contributed by atoms with E-state index in [2.05, 4.69) is 10.0 Å². The van der Waals surface area contributed by atoms with E-state index < -0.39 is 10.0 Å². The van der Waals surface area contributed by atoms with E-state index in [0.717, 1.165) is 22.6 Å². The molecule has 8 heteroatoms. The topological polar surface area (TPSA) is 84.5 Å². The lowest BCUT2D eigenvalue weighted by atomic mass is 10.1. The summed E-state index contributed by atoms with van der Waals surface area (Å²) in [5.41, 5.74) is 1.27. The smallest absolute Gasteiger partial charge is 0.271 e. The van der Waals surface area contributed by atoms with Gasteiger partial charge >= 0.3 is 0 Å². The first-order valence-electron chi connectivity index (χ1n) is 9.13. The van der Waals surface area contributed by atoms with Gasteiger partial charge in [0.1, 0.15) is 9.96 Å². The van der Waals surface area contributed by atoms with Gasteiger partial charge in [0.15, 0.2) is 0 Å². The number of carbonyl (C=O) groups is 1. The molecule has 3 aromatic rings. The van der Waals surface area contributed by atoms with Gasteiger partial charge in [-0.05, 0) is 47.7 Å². The number of rotatable bonds is 10. The lowest BCUT2D eigenvalue weighted by molar-refractivity contribution is -0.120. The maximum absolute atomic E-state index is 12.2. The van der Waals surface area contributed by atoms with E-state index >= 15 is 0 Å². The zero-order valence-electron chi connectivity index (χ0n) is 15.7. The average Bonchev–Trinajstić information content (AvgIpc) is 3.26. The second-order valence-electron chi connectivity index (χ2n) is 6.28. The van der Waals surface area contributed by atoms with Gasteiger partial charge in [-0.1, -0.05) is 36.4 Å². The number of carbonyl (C=O) groups excluding carboxylic acids is 1. The first-order chi connectivity index (χ1) is 14.0. The molecule has 0 atom stereocenters. The van der Waals surface area contributed by atoms with E-state index in [9.17, 15) is 13.2 Å². The van der Waals surface area contributed by atoms with Gasteiger partial charge in [0.2, 0.25) is 5.91 Å². The summed E-state index contributed by atoms with van der Waals surface area (Å²) in [5.74, 6) is 0.727. The van der Waals surface area contributed by atoms with Crippen molar-refractivity contribution in [2.75, 3.05) is 17.9 Å². The average molecular weight is 431 g/mol. The number of sulfonamides is 1. The maximum atomic E-state index is 12.2. The summed E-state index contributed by atoms with van der Waals surface area (Å²) in [5, 5.41) is 4.57.